The van der Waals surface area contributed by atoms with E-state index in [-0.39, 0.29) is 5.54 Å². The van der Waals surface area contributed by atoms with Gasteiger partial charge in [-0.1, -0.05) is 41.4 Å². The fourth-order valence-corrected chi connectivity index (χ4v) is 2.87. The van der Waals surface area contributed by atoms with Crippen LogP contribution in [0, 0.1) is 0 Å². The van der Waals surface area contributed by atoms with Gasteiger partial charge in [0.05, 0.1) is 0 Å². The van der Waals surface area contributed by atoms with Gasteiger partial charge < -0.3 is 10.7 Å². The van der Waals surface area contributed by atoms with Gasteiger partial charge in [-0.05, 0) is 49.7 Å². The van der Waals surface area contributed by atoms with Gasteiger partial charge in [0.15, 0.2) is 0 Å². The number of rotatable bonds is 7. The van der Waals surface area contributed by atoms with Crippen LogP contribution >= 0.6 is 23.2 Å². The van der Waals surface area contributed by atoms with Gasteiger partial charge in [-0.15, -0.1) is 0 Å². The SMILES string of the molecule is CN(CCNC(C)(C)c1cc(Cl)cc(Cl)c1)Nc1ccccc1. The largest absolute Gasteiger partial charge is 0.319 e. The van der Waals surface area contributed by atoms with Crippen LogP contribution in [0.4, 0.5) is 5.69 Å². The molecule has 0 atom stereocenters. The van der Waals surface area contributed by atoms with Crippen molar-refractivity contribution in [3.8, 4) is 0 Å². The first-order valence-electron chi connectivity index (χ1n) is 7.61. The topological polar surface area (TPSA) is 27.3 Å². The maximum absolute atomic E-state index is 6.10. The average molecular weight is 352 g/mol. The number of hydrogen-bond donors (Lipinski definition) is 2. The highest BCUT2D eigenvalue weighted by Crippen LogP contribution is 2.27. The Morgan fingerprint density at radius 3 is 2.22 bits per heavy atom. The minimum Gasteiger partial charge on any atom is -0.319 e. The molecule has 0 bridgehead atoms. The van der Waals surface area contributed by atoms with E-state index in [1.165, 1.54) is 0 Å². The number of benzene rings is 2. The van der Waals surface area contributed by atoms with Gasteiger partial charge in [0.1, 0.15) is 0 Å². The lowest BCUT2D eigenvalue weighted by molar-refractivity contribution is 0.341. The first-order chi connectivity index (χ1) is 10.9. The second kappa shape index (κ2) is 8.02. The molecule has 0 heterocycles. The third-order valence-corrected chi connectivity index (χ3v) is 4.13. The van der Waals surface area contributed by atoms with E-state index in [0.717, 1.165) is 24.3 Å². The number of para-hydroxylation sites is 1. The van der Waals surface area contributed by atoms with Gasteiger partial charge in [0, 0.05) is 41.4 Å². The van der Waals surface area contributed by atoms with Crippen LogP contribution in [0.1, 0.15) is 19.4 Å². The maximum Gasteiger partial charge on any atom is 0.0489 e. The third kappa shape index (κ3) is 5.70. The molecule has 0 fully saturated rings. The van der Waals surface area contributed by atoms with E-state index in [9.17, 15) is 0 Å². The van der Waals surface area contributed by atoms with Crippen LogP contribution < -0.4 is 10.7 Å². The van der Waals surface area contributed by atoms with Crippen molar-refractivity contribution >= 4 is 28.9 Å². The molecule has 0 unspecified atom stereocenters. The Morgan fingerprint density at radius 2 is 1.61 bits per heavy atom. The van der Waals surface area contributed by atoms with Crippen LogP contribution in [0.15, 0.2) is 48.5 Å². The molecule has 0 radical (unpaired) electrons. The fourth-order valence-electron chi connectivity index (χ4n) is 2.34. The van der Waals surface area contributed by atoms with Crippen molar-refractivity contribution in [1.29, 1.82) is 0 Å². The molecule has 2 N–H and O–H groups in total. The molecule has 5 heteroatoms. The Morgan fingerprint density at radius 1 is 1.00 bits per heavy atom. The zero-order valence-electron chi connectivity index (χ0n) is 13.7. The van der Waals surface area contributed by atoms with E-state index in [1.807, 2.05) is 49.5 Å². The summed E-state index contributed by atoms with van der Waals surface area (Å²) in [5, 5.41) is 6.92. The van der Waals surface area contributed by atoms with Crippen molar-refractivity contribution in [2.75, 3.05) is 25.6 Å². The van der Waals surface area contributed by atoms with Crippen molar-refractivity contribution in [2.45, 2.75) is 19.4 Å². The quantitative estimate of drug-likeness (QED) is 0.703. The molecule has 0 amide bonds. The number of hydrazine groups is 1. The minimum atomic E-state index is -0.206. The second-order valence-corrected chi connectivity index (χ2v) is 6.98. The summed E-state index contributed by atoms with van der Waals surface area (Å²) in [6.07, 6.45) is 0. The smallest absolute Gasteiger partial charge is 0.0489 e. The van der Waals surface area contributed by atoms with Crippen molar-refractivity contribution in [3.63, 3.8) is 0 Å². The number of hydrogen-bond acceptors (Lipinski definition) is 3. The van der Waals surface area contributed by atoms with Gasteiger partial charge >= 0.3 is 0 Å². The Bertz CT molecular complexity index is 609. The van der Waals surface area contributed by atoms with E-state index in [2.05, 4.69) is 29.6 Å². The molecule has 0 saturated heterocycles. The zero-order valence-corrected chi connectivity index (χ0v) is 15.2. The Labute approximate surface area is 148 Å². The zero-order chi connectivity index (χ0) is 16.9. The first-order valence-corrected chi connectivity index (χ1v) is 8.37. The number of nitrogens with zero attached hydrogens (tertiary/aromatic N) is 1. The number of likely N-dealkylation sites (N-methyl/N-ethyl adjacent to an activating group) is 1. The number of anilines is 1. The minimum absolute atomic E-state index is 0.206. The van der Waals surface area contributed by atoms with Crippen LogP contribution in [0.5, 0.6) is 0 Å². The van der Waals surface area contributed by atoms with Crippen LogP contribution in [0.3, 0.4) is 0 Å². The first kappa shape index (κ1) is 18.1. The van der Waals surface area contributed by atoms with E-state index in [1.54, 1.807) is 6.07 Å². The lowest BCUT2D eigenvalue weighted by atomic mass is 9.94. The molecule has 0 aliphatic carbocycles. The molecular weight excluding hydrogens is 329 g/mol. The third-order valence-electron chi connectivity index (χ3n) is 3.69. The summed E-state index contributed by atoms with van der Waals surface area (Å²) in [5.74, 6) is 0. The summed E-state index contributed by atoms with van der Waals surface area (Å²) in [6.45, 7) is 5.93. The normalized spacial score (nSPS) is 11.7. The van der Waals surface area contributed by atoms with Crippen molar-refractivity contribution in [3.05, 3.63) is 64.1 Å². The van der Waals surface area contributed by atoms with E-state index < -0.39 is 0 Å². The van der Waals surface area contributed by atoms with Gasteiger partial charge in [0.25, 0.3) is 0 Å². The lowest BCUT2D eigenvalue weighted by Gasteiger charge is -2.29. The molecule has 0 saturated carbocycles. The monoisotopic (exact) mass is 351 g/mol. The molecule has 0 spiro atoms. The van der Waals surface area contributed by atoms with Gasteiger partial charge in [0.2, 0.25) is 0 Å². The molecule has 2 aromatic carbocycles. The average Bonchev–Trinajstić information content (AvgIpc) is 2.47. The molecule has 0 aliphatic rings. The Balaban J connectivity index is 1.86. The predicted molar refractivity (Wildman–Crippen MR) is 100 cm³/mol. The molecule has 124 valence electrons. The molecular formula is C18H23Cl2N3. The van der Waals surface area contributed by atoms with Crippen LogP contribution in [-0.2, 0) is 5.54 Å². The van der Waals surface area contributed by atoms with E-state index in [0.29, 0.717) is 10.0 Å². The summed E-state index contributed by atoms with van der Waals surface area (Å²) >= 11 is 12.2. The van der Waals surface area contributed by atoms with Crippen molar-refractivity contribution in [1.82, 2.24) is 10.3 Å². The summed E-state index contributed by atoms with van der Waals surface area (Å²) in [5.41, 5.74) is 5.29. The Hall–Kier alpha value is -1.26. The van der Waals surface area contributed by atoms with Crippen LogP contribution in [-0.4, -0.2) is 25.1 Å². The van der Waals surface area contributed by atoms with Crippen molar-refractivity contribution < 1.29 is 0 Å². The molecule has 0 aromatic heterocycles. The van der Waals surface area contributed by atoms with Crippen LogP contribution in [0.2, 0.25) is 10.0 Å². The highest BCUT2D eigenvalue weighted by Gasteiger charge is 2.20. The van der Waals surface area contributed by atoms with Gasteiger partial charge in [-0.25, -0.2) is 5.01 Å². The second-order valence-electron chi connectivity index (χ2n) is 6.11. The molecule has 2 rings (SSSR count). The fraction of sp³-hybridized carbons (Fsp3) is 0.333. The molecule has 0 aliphatic heterocycles. The van der Waals surface area contributed by atoms with E-state index >= 15 is 0 Å². The summed E-state index contributed by atoms with van der Waals surface area (Å²) in [7, 11) is 2.03. The van der Waals surface area contributed by atoms with Crippen LogP contribution in [0.25, 0.3) is 0 Å². The highest BCUT2D eigenvalue weighted by molar-refractivity contribution is 6.34. The predicted octanol–water partition coefficient (Wildman–Crippen LogP) is 4.78. The summed E-state index contributed by atoms with van der Waals surface area (Å²) in [6, 6.07) is 15.8. The standard InChI is InChI=1S/C18H23Cl2N3/c1-18(2,14-11-15(19)13-16(20)12-14)21-9-10-23(3)22-17-7-5-4-6-8-17/h4-8,11-13,21-22H,9-10H2,1-3H3. The van der Waals surface area contributed by atoms with Gasteiger partial charge in [-0.3, -0.25) is 0 Å². The highest BCUT2D eigenvalue weighted by atomic mass is 35.5. The van der Waals surface area contributed by atoms with Gasteiger partial charge in [-0.2, -0.15) is 0 Å². The van der Waals surface area contributed by atoms with Crippen molar-refractivity contribution in [2.24, 2.45) is 0 Å². The number of nitrogens with one attached hydrogen (secondary N) is 2. The molecule has 3 nitrogen and oxygen atoms in total. The lowest BCUT2D eigenvalue weighted by Crippen LogP contribution is -2.42. The maximum atomic E-state index is 6.10. The molecule has 2 aromatic rings. The number of halogens is 2. The van der Waals surface area contributed by atoms with E-state index in [4.69, 9.17) is 23.2 Å². The Kier molecular flexibility index (Phi) is 6.31. The summed E-state index contributed by atoms with van der Waals surface area (Å²) in [4.78, 5) is 0. The molecule has 23 heavy (non-hydrogen) atoms. The summed E-state index contributed by atoms with van der Waals surface area (Å²) < 4.78 is 0.